The third-order valence-corrected chi connectivity index (χ3v) is 3.32. The molecule has 3 rings (SSSR count). The molecule has 0 unspecified atom stereocenters. The average Bonchev–Trinajstić information content (AvgIpc) is 2.57. The second-order valence-corrected chi connectivity index (χ2v) is 4.93. The third-order valence-electron chi connectivity index (χ3n) is 3.32. The second kappa shape index (κ2) is 6.20. The fourth-order valence-corrected chi connectivity index (χ4v) is 2.10. The molecule has 2 amide bonds. The van der Waals surface area contributed by atoms with E-state index in [0.717, 1.165) is 5.56 Å². The summed E-state index contributed by atoms with van der Waals surface area (Å²) in [4.78, 5) is 21.7. The van der Waals surface area contributed by atoms with Crippen LogP contribution in [-0.4, -0.2) is 22.5 Å². The van der Waals surface area contributed by atoms with Gasteiger partial charge < -0.3 is 10.1 Å². The van der Waals surface area contributed by atoms with Gasteiger partial charge in [0.1, 0.15) is 5.75 Å². The van der Waals surface area contributed by atoms with Crippen molar-refractivity contribution in [2.45, 2.75) is 6.42 Å². The molecule has 2 heterocycles. The van der Waals surface area contributed by atoms with Crippen LogP contribution in [0.3, 0.4) is 0 Å². The average molecular weight is 306 g/mol. The van der Waals surface area contributed by atoms with Crippen LogP contribution in [0.2, 0.25) is 0 Å². The molecule has 6 nitrogen and oxygen atoms in total. The number of carbonyl (C=O) groups is 1. The first kappa shape index (κ1) is 14.6. The summed E-state index contributed by atoms with van der Waals surface area (Å²) in [5.74, 6) is 3.12. The predicted octanol–water partition coefficient (Wildman–Crippen LogP) is 2.68. The van der Waals surface area contributed by atoms with Gasteiger partial charge in [-0.1, -0.05) is 12.5 Å². The molecule has 23 heavy (non-hydrogen) atoms. The molecule has 0 spiro atoms. The van der Waals surface area contributed by atoms with Crippen molar-refractivity contribution in [2.75, 3.05) is 11.4 Å². The van der Waals surface area contributed by atoms with Gasteiger partial charge in [-0.05, 0) is 24.3 Å². The Labute approximate surface area is 133 Å². The lowest BCUT2D eigenvalue weighted by atomic mass is 10.2. The highest BCUT2D eigenvalue weighted by Crippen LogP contribution is 2.21. The molecule has 2 aromatic rings. The van der Waals surface area contributed by atoms with Crippen molar-refractivity contribution in [3.05, 3.63) is 54.5 Å². The largest absolute Gasteiger partial charge is 0.424 e. The Morgan fingerprint density at radius 3 is 2.57 bits per heavy atom. The van der Waals surface area contributed by atoms with Gasteiger partial charge in [0.05, 0.1) is 18.1 Å². The minimum atomic E-state index is -0.233. The van der Waals surface area contributed by atoms with Crippen LogP contribution in [-0.2, 0) is 0 Å². The number of rotatable bonds is 3. The Hall–Kier alpha value is -3.33. The third kappa shape index (κ3) is 3.30. The predicted molar refractivity (Wildman–Crippen MR) is 86.1 cm³/mol. The molecular formula is C17H14N4O2. The van der Waals surface area contributed by atoms with Crippen LogP contribution in [0.15, 0.2) is 48.9 Å². The van der Waals surface area contributed by atoms with Crippen LogP contribution in [0.4, 0.5) is 10.5 Å². The van der Waals surface area contributed by atoms with Crippen LogP contribution in [0.25, 0.3) is 0 Å². The van der Waals surface area contributed by atoms with E-state index >= 15 is 0 Å². The van der Waals surface area contributed by atoms with Crippen LogP contribution in [0.1, 0.15) is 12.0 Å². The quantitative estimate of drug-likeness (QED) is 0.885. The van der Waals surface area contributed by atoms with E-state index in [-0.39, 0.29) is 12.0 Å². The number of nitrogens with one attached hydrogen (secondary N) is 1. The van der Waals surface area contributed by atoms with Gasteiger partial charge in [-0.15, -0.1) is 6.42 Å². The van der Waals surface area contributed by atoms with Gasteiger partial charge in [-0.25, -0.2) is 14.8 Å². The molecule has 1 aliphatic heterocycles. The van der Waals surface area contributed by atoms with E-state index in [4.69, 9.17) is 11.2 Å². The van der Waals surface area contributed by atoms with Crippen molar-refractivity contribution in [1.29, 1.82) is 0 Å². The zero-order valence-corrected chi connectivity index (χ0v) is 12.3. The standard InChI is InChI=1S/C17H14N4O2/c1-3-13-4-6-15(7-5-13)23-16-18-10-14(11-19-16)21-9-8-12(2)20-17(21)22/h1,4-7,10-11H,2,8-9H2,(H,20,22). The van der Waals surface area contributed by atoms with E-state index in [1.807, 2.05) is 0 Å². The summed E-state index contributed by atoms with van der Waals surface area (Å²) < 4.78 is 5.54. The number of nitrogens with zero attached hydrogens (tertiary/aromatic N) is 3. The highest BCUT2D eigenvalue weighted by Gasteiger charge is 2.21. The van der Waals surface area contributed by atoms with Gasteiger partial charge >= 0.3 is 12.0 Å². The van der Waals surface area contributed by atoms with Gasteiger partial charge in [0, 0.05) is 24.2 Å². The van der Waals surface area contributed by atoms with Crippen molar-refractivity contribution >= 4 is 11.7 Å². The van der Waals surface area contributed by atoms with E-state index in [0.29, 0.717) is 30.1 Å². The molecular weight excluding hydrogens is 292 g/mol. The van der Waals surface area contributed by atoms with Crippen LogP contribution in [0.5, 0.6) is 11.8 Å². The number of aromatic nitrogens is 2. The molecule has 1 saturated heterocycles. The molecule has 0 aliphatic carbocycles. The number of hydrogen-bond donors (Lipinski definition) is 1. The summed E-state index contributed by atoms with van der Waals surface area (Å²) in [6.07, 6.45) is 9.08. The Balaban J connectivity index is 1.70. The molecule has 1 aromatic carbocycles. The van der Waals surface area contributed by atoms with Crippen molar-refractivity contribution < 1.29 is 9.53 Å². The molecule has 1 aliphatic rings. The maximum atomic E-state index is 11.9. The minimum absolute atomic E-state index is 0.198. The molecule has 0 saturated carbocycles. The lowest BCUT2D eigenvalue weighted by molar-refractivity contribution is 0.246. The van der Waals surface area contributed by atoms with Gasteiger partial charge in [0.25, 0.3) is 0 Å². The fraction of sp³-hybridized carbons (Fsp3) is 0.118. The minimum Gasteiger partial charge on any atom is -0.424 e. The van der Waals surface area contributed by atoms with Gasteiger partial charge in [0.15, 0.2) is 0 Å². The van der Waals surface area contributed by atoms with Crippen LogP contribution in [0, 0.1) is 12.3 Å². The van der Waals surface area contributed by atoms with Gasteiger partial charge in [0.2, 0.25) is 0 Å². The highest BCUT2D eigenvalue weighted by atomic mass is 16.5. The number of ether oxygens (including phenoxy) is 1. The van der Waals surface area contributed by atoms with Crippen molar-refractivity contribution in [3.8, 4) is 24.1 Å². The first-order valence-electron chi connectivity index (χ1n) is 6.98. The molecule has 1 aromatic heterocycles. The number of carbonyl (C=O) groups excluding carboxylic acids is 1. The maximum Gasteiger partial charge on any atom is 0.326 e. The zero-order chi connectivity index (χ0) is 16.2. The van der Waals surface area contributed by atoms with Crippen molar-refractivity contribution in [2.24, 2.45) is 0 Å². The van der Waals surface area contributed by atoms with Crippen LogP contribution >= 0.6 is 0 Å². The maximum absolute atomic E-state index is 11.9. The number of amides is 2. The summed E-state index contributed by atoms with van der Waals surface area (Å²) in [5, 5.41) is 2.68. The molecule has 0 atom stereocenters. The SMILES string of the molecule is C#Cc1ccc(Oc2ncc(N3CCC(=C)NC3=O)cn2)cc1. The van der Waals surface area contributed by atoms with Gasteiger partial charge in [-0.3, -0.25) is 4.90 Å². The van der Waals surface area contributed by atoms with E-state index in [1.165, 1.54) is 0 Å². The van der Waals surface area contributed by atoms with E-state index in [1.54, 1.807) is 41.6 Å². The Kier molecular flexibility index (Phi) is 3.93. The normalized spacial score (nSPS) is 14.1. The fourth-order valence-electron chi connectivity index (χ4n) is 2.10. The summed E-state index contributed by atoms with van der Waals surface area (Å²) in [6, 6.07) is 7.00. The monoisotopic (exact) mass is 306 g/mol. The Morgan fingerprint density at radius 1 is 1.26 bits per heavy atom. The number of urea groups is 1. The summed E-state index contributed by atoms with van der Waals surface area (Å²) >= 11 is 0. The first-order chi connectivity index (χ1) is 11.2. The Bertz CT molecular complexity index is 776. The number of terminal acetylenes is 1. The van der Waals surface area contributed by atoms with Crippen LogP contribution < -0.4 is 15.0 Å². The summed E-state index contributed by atoms with van der Waals surface area (Å²) in [7, 11) is 0. The van der Waals surface area contributed by atoms with Crippen molar-refractivity contribution in [1.82, 2.24) is 15.3 Å². The lowest BCUT2D eigenvalue weighted by Gasteiger charge is -2.28. The number of hydrogen-bond acceptors (Lipinski definition) is 4. The molecule has 1 N–H and O–H groups in total. The van der Waals surface area contributed by atoms with Gasteiger partial charge in [-0.2, -0.15) is 0 Å². The van der Waals surface area contributed by atoms with E-state index in [2.05, 4.69) is 27.8 Å². The Morgan fingerprint density at radius 2 is 1.96 bits per heavy atom. The molecule has 6 heteroatoms. The number of benzene rings is 1. The molecule has 0 radical (unpaired) electrons. The second-order valence-electron chi connectivity index (χ2n) is 4.93. The van der Waals surface area contributed by atoms with Crippen molar-refractivity contribution in [3.63, 3.8) is 0 Å². The lowest BCUT2D eigenvalue weighted by Crippen LogP contribution is -2.45. The molecule has 114 valence electrons. The topological polar surface area (TPSA) is 67.3 Å². The van der Waals surface area contributed by atoms with E-state index in [9.17, 15) is 4.79 Å². The molecule has 1 fully saturated rings. The smallest absolute Gasteiger partial charge is 0.326 e. The highest BCUT2D eigenvalue weighted by molar-refractivity contribution is 5.93. The number of anilines is 1. The first-order valence-corrected chi connectivity index (χ1v) is 6.98. The van der Waals surface area contributed by atoms with E-state index < -0.39 is 0 Å². The molecule has 0 bridgehead atoms. The summed E-state index contributed by atoms with van der Waals surface area (Å²) in [6.45, 7) is 4.29. The summed E-state index contributed by atoms with van der Waals surface area (Å²) in [5.41, 5.74) is 2.08. The zero-order valence-electron chi connectivity index (χ0n) is 12.3.